The van der Waals surface area contributed by atoms with Gasteiger partial charge in [-0.1, -0.05) is 30.3 Å². The van der Waals surface area contributed by atoms with E-state index in [2.05, 4.69) is 0 Å². The third-order valence-electron chi connectivity index (χ3n) is 3.44. The summed E-state index contributed by atoms with van der Waals surface area (Å²) in [4.78, 5) is 1.93. The molecule has 1 unspecified atom stereocenters. The molecular weight excluding hydrogens is 270 g/mol. The van der Waals surface area contributed by atoms with Gasteiger partial charge in [0, 0.05) is 12.1 Å². The molecule has 4 heteroatoms. The first-order chi connectivity index (χ1) is 9.90. The van der Waals surface area contributed by atoms with Gasteiger partial charge in [0.2, 0.25) is 0 Å². The number of rotatable bonds is 5. The van der Waals surface area contributed by atoms with Crippen molar-refractivity contribution in [1.29, 1.82) is 0 Å². The average Bonchev–Trinajstić information content (AvgIpc) is 2.41. The third-order valence-corrected chi connectivity index (χ3v) is 3.44. The van der Waals surface area contributed by atoms with Crippen LogP contribution in [0.1, 0.15) is 11.1 Å². The highest BCUT2D eigenvalue weighted by Gasteiger charge is 2.31. The van der Waals surface area contributed by atoms with Crippen LogP contribution in [0.4, 0.5) is 8.78 Å². The molecule has 2 aromatic carbocycles. The zero-order chi connectivity index (χ0) is 15.5. The molecule has 112 valence electrons. The smallest absolute Gasteiger partial charge is 0.128 e. The zero-order valence-electron chi connectivity index (χ0n) is 12.3. The molecule has 0 amide bonds. The van der Waals surface area contributed by atoms with Crippen LogP contribution in [0.5, 0.6) is 0 Å². The highest BCUT2D eigenvalue weighted by molar-refractivity contribution is 5.30. The quantitative estimate of drug-likeness (QED) is 0.917. The Kier molecular flexibility index (Phi) is 4.70. The standard InChI is InChI=1S/C17H20F2N2/c1-21(2)12-17(20,15-5-3-4-6-16(15)19)11-13-7-9-14(18)10-8-13/h3-10H,11-12,20H2,1-2H3. The molecule has 2 rings (SSSR count). The number of nitrogens with zero attached hydrogens (tertiary/aromatic N) is 1. The average molecular weight is 290 g/mol. The molecule has 0 aliphatic heterocycles. The Morgan fingerprint density at radius 1 is 1.00 bits per heavy atom. The molecule has 0 spiro atoms. The molecule has 1 atom stereocenters. The van der Waals surface area contributed by atoms with Crippen molar-refractivity contribution in [2.24, 2.45) is 5.73 Å². The van der Waals surface area contributed by atoms with E-state index in [0.717, 1.165) is 5.56 Å². The number of hydrogen-bond acceptors (Lipinski definition) is 2. The molecule has 2 aromatic rings. The Labute approximate surface area is 124 Å². The van der Waals surface area contributed by atoms with E-state index in [1.807, 2.05) is 19.0 Å². The second-order valence-electron chi connectivity index (χ2n) is 5.68. The van der Waals surface area contributed by atoms with E-state index in [9.17, 15) is 8.78 Å². The third kappa shape index (κ3) is 3.86. The number of likely N-dealkylation sites (N-methyl/N-ethyl adjacent to an activating group) is 1. The summed E-state index contributed by atoms with van der Waals surface area (Å²) in [6, 6.07) is 12.7. The van der Waals surface area contributed by atoms with Crippen molar-refractivity contribution < 1.29 is 8.78 Å². The molecule has 0 saturated carbocycles. The van der Waals surface area contributed by atoms with Crippen molar-refractivity contribution in [3.8, 4) is 0 Å². The Morgan fingerprint density at radius 2 is 1.62 bits per heavy atom. The minimum Gasteiger partial charge on any atom is -0.320 e. The molecule has 0 bridgehead atoms. The first-order valence-corrected chi connectivity index (χ1v) is 6.84. The molecule has 0 radical (unpaired) electrons. The topological polar surface area (TPSA) is 29.3 Å². The van der Waals surface area contributed by atoms with E-state index in [-0.39, 0.29) is 11.6 Å². The number of nitrogens with two attached hydrogens (primary N) is 1. The van der Waals surface area contributed by atoms with Gasteiger partial charge < -0.3 is 10.6 Å². The van der Waals surface area contributed by atoms with Gasteiger partial charge in [-0.15, -0.1) is 0 Å². The summed E-state index contributed by atoms with van der Waals surface area (Å²) in [7, 11) is 3.79. The van der Waals surface area contributed by atoms with Gasteiger partial charge in [0.1, 0.15) is 11.6 Å². The van der Waals surface area contributed by atoms with Crippen molar-refractivity contribution in [3.05, 3.63) is 71.3 Å². The highest BCUT2D eigenvalue weighted by atomic mass is 19.1. The van der Waals surface area contributed by atoms with Crippen molar-refractivity contribution in [2.45, 2.75) is 12.0 Å². The van der Waals surface area contributed by atoms with Crippen LogP contribution in [0.25, 0.3) is 0 Å². The lowest BCUT2D eigenvalue weighted by Gasteiger charge is -2.33. The maximum absolute atomic E-state index is 14.1. The molecular formula is C17H20F2N2. The molecule has 0 saturated heterocycles. The summed E-state index contributed by atoms with van der Waals surface area (Å²) in [5.74, 6) is -0.608. The maximum Gasteiger partial charge on any atom is 0.128 e. The van der Waals surface area contributed by atoms with Gasteiger partial charge in [0.15, 0.2) is 0 Å². The molecule has 21 heavy (non-hydrogen) atoms. The Morgan fingerprint density at radius 3 is 2.19 bits per heavy atom. The van der Waals surface area contributed by atoms with Crippen LogP contribution in [0.2, 0.25) is 0 Å². The Balaban J connectivity index is 2.37. The lowest BCUT2D eigenvalue weighted by Crippen LogP contribution is -2.48. The van der Waals surface area contributed by atoms with E-state index < -0.39 is 5.54 Å². The van der Waals surface area contributed by atoms with Crippen molar-refractivity contribution in [2.75, 3.05) is 20.6 Å². The largest absolute Gasteiger partial charge is 0.320 e. The number of halogens is 2. The molecule has 0 heterocycles. The minimum absolute atomic E-state index is 0.292. The lowest BCUT2D eigenvalue weighted by atomic mass is 9.84. The van der Waals surface area contributed by atoms with Gasteiger partial charge in [-0.05, 0) is 44.3 Å². The monoisotopic (exact) mass is 290 g/mol. The molecule has 0 aliphatic rings. The molecule has 0 fully saturated rings. The summed E-state index contributed by atoms with van der Waals surface area (Å²) in [5, 5.41) is 0. The van der Waals surface area contributed by atoms with Gasteiger partial charge in [-0.2, -0.15) is 0 Å². The van der Waals surface area contributed by atoms with Gasteiger partial charge in [0.25, 0.3) is 0 Å². The second-order valence-corrected chi connectivity index (χ2v) is 5.68. The van der Waals surface area contributed by atoms with E-state index in [0.29, 0.717) is 18.5 Å². The summed E-state index contributed by atoms with van der Waals surface area (Å²) in [6.45, 7) is 0.491. The fourth-order valence-electron chi connectivity index (χ4n) is 2.63. The van der Waals surface area contributed by atoms with E-state index in [4.69, 9.17) is 5.73 Å². The van der Waals surface area contributed by atoms with Crippen LogP contribution in [0.3, 0.4) is 0 Å². The predicted octanol–water partition coefficient (Wildman–Crippen LogP) is 2.92. The fraction of sp³-hybridized carbons (Fsp3) is 0.294. The SMILES string of the molecule is CN(C)CC(N)(Cc1ccc(F)cc1)c1ccccc1F. The van der Waals surface area contributed by atoms with Crippen LogP contribution in [0.15, 0.2) is 48.5 Å². The normalized spacial score (nSPS) is 14.2. The summed E-state index contributed by atoms with van der Waals surface area (Å²) in [5.41, 5.74) is 7.00. The fourth-order valence-corrected chi connectivity index (χ4v) is 2.63. The Hall–Kier alpha value is -1.78. The lowest BCUT2D eigenvalue weighted by molar-refractivity contribution is 0.277. The van der Waals surface area contributed by atoms with Crippen LogP contribution in [-0.2, 0) is 12.0 Å². The predicted molar refractivity (Wildman–Crippen MR) is 80.9 cm³/mol. The van der Waals surface area contributed by atoms with E-state index in [1.54, 1.807) is 30.3 Å². The number of benzene rings is 2. The van der Waals surface area contributed by atoms with Crippen molar-refractivity contribution >= 4 is 0 Å². The van der Waals surface area contributed by atoms with E-state index >= 15 is 0 Å². The zero-order valence-corrected chi connectivity index (χ0v) is 12.3. The summed E-state index contributed by atoms with van der Waals surface area (Å²) >= 11 is 0. The van der Waals surface area contributed by atoms with E-state index in [1.165, 1.54) is 18.2 Å². The first kappa shape index (κ1) is 15.6. The van der Waals surface area contributed by atoms with Gasteiger partial charge in [0.05, 0.1) is 5.54 Å². The molecule has 0 aromatic heterocycles. The van der Waals surface area contributed by atoms with Gasteiger partial charge in [-0.25, -0.2) is 8.78 Å². The maximum atomic E-state index is 14.1. The molecule has 0 aliphatic carbocycles. The summed E-state index contributed by atoms with van der Waals surface area (Å²) < 4.78 is 27.2. The minimum atomic E-state index is -0.868. The van der Waals surface area contributed by atoms with Crippen LogP contribution < -0.4 is 5.73 Å². The van der Waals surface area contributed by atoms with Crippen molar-refractivity contribution in [3.63, 3.8) is 0 Å². The molecule has 2 nitrogen and oxygen atoms in total. The first-order valence-electron chi connectivity index (χ1n) is 6.84. The highest BCUT2D eigenvalue weighted by Crippen LogP contribution is 2.26. The van der Waals surface area contributed by atoms with Crippen LogP contribution >= 0.6 is 0 Å². The Bertz CT molecular complexity index is 596. The van der Waals surface area contributed by atoms with Crippen molar-refractivity contribution in [1.82, 2.24) is 4.90 Å². The second kappa shape index (κ2) is 6.33. The van der Waals surface area contributed by atoms with Gasteiger partial charge >= 0.3 is 0 Å². The van der Waals surface area contributed by atoms with Crippen LogP contribution in [-0.4, -0.2) is 25.5 Å². The molecule has 2 N–H and O–H groups in total. The van der Waals surface area contributed by atoms with Gasteiger partial charge in [-0.3, -0.25) is 0 Å². The summed E-state index contributed by atoms with van der Waals surface area (Å²) in [6.07, 6.45) is 0.437. The van der Waals surface area contributed by atoms with Crippen LogP contribution in [0, 0.1) is 11.6 Å². The number of hydrogen-bond donors (Lipinski definition) is 1.